The molecule has 1 aliphatic rings. The van der Waals surface area contributed by atoms with Gasteiger partial charge in [-0.15, -0.1) is 0 Å². The molecule has 0 saturated heterocycles. The molecule has 5 nitrogen and oxygen atoms in total. The van der Waals surface area contributed by atoms with E-state index in [-0.39, 0.29) is 29.8 Å². The zero-order chi connectivity index (χ0) is 13.3. The van der Waals surface area contributed by atoms with Gasteiger partial charge in [-0.1, -0.05) is 0 Å². The van der Waals surface area contributed by atoms with Crippen molar-refractivity contribution < 1.29 is 9.59 Å². The van der Waals surface area contributed by atoms with E-state index in [1.54, 1.807) is 6.92 Å². The number of carbonyl (C=O) groups excluding carboxylic acids is 2. The van der Waals surface area contributed by atoms with Gasteiger partial charge in [-0.2, -0.15) is 0 Å². The molecule has 4 N–H and O–H groups in total. The summed E-state index contributed by atoms with van der Waals surface area (Å²) in [6.45, 7) is 7.38. The van der Waals surface area contributed by atoms with Crippen LogP contribution in [0.15, 0.2) is 0 Å². The summed E-state index contributed by atoms with van der Waals surface area (Å²) in [5.74, 6) is -0.185. The fourth-order valence-electron chi connectivity index (χ4n) is 1.68. The zero-order valence-electron chi connectivity index (χ0n) is 11.1. The molecule has 1 atom stereocenters. The first kappa shape index (κ1) is 14.0. The second-order valence-electron chi connectivity index (χ2n) is 6.04. The summed E-state index contributed by atoms with van der Waals surface area (Å²) >= 11 is 0. The van der Waals surface area contributed by atoms with Crippen LogP contribution in [0.3, 0.4) is 0 Å². The van der Waals surface area contributed by atoms with Gasteiger partial charge in [0.25, 0.3) is 0 Å². The molecule has 0 heterocycles. The van der Waals surface area contributed by atoms with Crippen LogP contribution in [-0.2, 0) is 9.59 Å². The van der Waals surface area contributed by atoms with Gasteiger partial charge in [0.15, 0.2) is 0 Å². The van der Waals surface area contributed by atoms with Crippen LogP contribution in [0.1, 0.15) is 40.5 Å². The highest BCUT2D eigenvalue weighted by Crippen LogP contribution is 2.37. The Hall–Kier alpha value is -1.10. The standard InChI is InChI=1S/C12H23N3O2/c1-11(2,3)15-9(16)7-14-10(17)12(4,13)8-5-6-8/h8H,5-7,13H2,1-4H3,(H,14,17)(H,15,16). The summed E-state index contributed by atoms with van der Waals surface area (Å²) in [5.41, 5.74) is 4.80. The maximum absolute atomic E-state index is 11.8. The van der Waals surface area contributed by atoms with Crippen LogP contribution in [0.4, 0.5) is 0 Å². The van der Waals surface area contributed by atoms with Gasteiger partial charge in [-0.25, -0.2) is 0 Å². The van der Waals surface area contributed by atoms with Crippen molar-refractivity contribution in [1.82, 2.24) is 10.6 Å². The molecule has 98 valence electrons. The summed E-state index contributed by atoms with van der Waals surface area (Å²) in [7, 11) is 0. The number of amides is 2. The minimum Gasteiger partial charge on any atom is -0.350 e. The Bertz CT molecular complexity index is 314. The third kappa shape index (κ3) is 4.34. The van der Waals surface area contributed by atoms with E-state index in [4.69, 9.17) is 5.73 Å². The lowest BCUT2D eigenvalue weighted by molar-refractivity contribution is -0.130. The monoisotopic (exact) mass is 241 g/mol. The van der Waals surface area contributed by atoms with Crippen LogP contribution in [0.25, 0.3) is 0 Å². The normalized spacial score (nSPS) is 19.4. The first-order valence-corrected chi connectivity index (χ1v) is 6.01. The molecular formula is C12H23N3O2. The lowest BCUT2D eigenvalue weighted by atomic mass is 9.96. The Morgan fingerprint density at radius 2 is 1.76 bits per heavy atom. The number of hydrogen-bond acceptors (Lipinski definition) is 3. The molecule has 1 saturated carbocycles. The Morgan fingerprint density at radius 1 is 1.24 bits per heavy atom. The highest BCUT2D eigenvalue weighted by atomic mass is 16.2. The predicted molar refractivity (Wildman–Crippen MR) is 66.2 cm³/mol. The minimum atomic E-state index is -0.845. The number of carbonyl (C=O) groups is 2. The Balaban J connectivity index is 2.35. The summed E-state index contributed by atoms with van der Waals surface area (Å²) in [4.78, 5) is 23.3. The number of nitrogens with one attached hydrogen (secondary N) is 2. The maximum Gasteiger partial charge on any atom is 0.240 e. The van der Waals surface area contributed by atoms with Crippen molar-refractivity contribution in [2.75, 3.05) is 6.54 Å². The Kier molecular flexibility index (Phi) is 3.81. The summed E-state index contributed by atoms with van der Waals surface area (Å²) < 4.78 is 0. The molecule has 1 rings (SSSR count). The quantitative estimate of drug-likeness (QED) is 0.655. The van der Waals surface area contributed by atoms with Crippen LogP contribution in [0.5, 0.6) is 0 Å². The molecule has 17 heavy (non-hydrogen) atoms. The van der Waals surface area contributed by atoms with E-state index >= 15 is 0 Å². The Labute approximate surface area is 103 Å². The van der Waals surface area contributed by atoms with E-state index in [1.807, 2.05) is 20.8 Å². The third-order valence-electron chi connectivity index (χ3n) is 2.84. The Morgan fingerprint density at radius 3 is 2.18 bits per heavy atom. The van der Waals surface area contributed by atoms with Crippen molar-refractivity contribution in [2.45, 2.75) is 51.6 Å². The van der Waals surface area contributed by atoms with E-state index in [9.17, 15) is 9.59 Å². The molecule has 1 unspecified atom stereocenters. The van der Waals surface area contributed by atoms with Crippen LogP contribution >= 0.6 is 0 Å². The van der Waals surface area contributed by atoms with Gasteiger partial charge >= 0.3 is 0 Å². The fraction of sp³-hybridized carbons (Fsp3) is 0.833. The van der Waals surface area contributed by atoms with Crippen molar-refractivity contribution in [3.8, 4) is 0 Å². The van der Waals surface area contributed by atoms with Crippen LogP contribution < -0.4 is 16.4 Å². The van der Waals surface area contributed by atoms with Crippen LogP contribution in [0.2, 0.25) is 0 Å². The van der Waals surface area contributed by atoms with Gasteiger partial charge in [0.1, 0.15) is 0 Å². The fourth-order valence-corrected chi connectivity index (χ4v) is 1.68. The molecule has 0 bridgehead atoms. The minimum absolute atomic E-state index is 0.0182. The first-order chi connectivity index (χ1) is 7.63. The van der Waals surface area contributed by atoms with Crippen LogP contribution in [-0.4, -0.2) is 29.4 Å². The third-order valence-corrected chi connectivity index (χ3v) is 2.84. The van der Waals surface area contributed by atoms with E-state index in [2.05, 4.69) is 10.6 Å². The summed E-state index contributed by atoms with van der Waals surface area (Å²) in [6.07, 6.45) is 1.99. The molecule has 0 radical (unpaired) electrons. The average molecular weight is 241 g/mol. The van der Waals surface area contributed by atoms with Crippen LogP contribution in [0, 0.1) is 5.92 Å². The van der Waals surface area contributed by atoms with E-state index in [0.29, 0.717) is 0 Å². The lowest BCUT2D eigenvalue weighted by Crippen LogP contribution is -2.55. The largest absolute Gasteiger partial charge is 0.350 e. The first-order valence-electron chi connectivity index (χ1n) is 6.01. The molecular weight excluding hydrogens is 218 g/mol. The number of rotatable bonds is 4. The van der Waals surface area contributed by atoms with Crippen molar-refractivity contribution in [3.63, 3.8) is 0 Å². The summed E-state index contributed by atoms with van der Waals surface area (Å²) in [5, 5.41) is 5.37. The van der Waals surface area contributed by atoms with E-state index in [0.717, 1.165) is 12.8 Å². The predicted octanol–water partition coefficient (Wildman–Crippen LogP) is 0.145. The SMILES string of the molecule is CC(C)(C)NC(=O)CNC(=O)C(C)(N)C1CC1. The molecule has 0 spiro atoms. The zero-order valence-corrected chi connectivity index (χ0v) is 11.1. The second kappa shape index (κ2) is 4.64. The lowest BCUT2D eigenvalue weighted by Gasteiger charge is -2.24. The van der Waals surface area contributed by atoms with Crippen molar-refractivity contribution >= 4 is 11.8 Å². The van der Waals surface area contributed by atoms with Gasteiger partial charge in [0.2, 0.25) is 11.8 Å². The molecule has 0 aliphatic heterocycles. The van der Waals surface area contributed by atoms with Gasteiger partial charge in [-0.05, 0) is 46.5 Å². The average Bonchev–Trinajstić information content (AvgIpc) is 2.93. The highest BCUT2D eigenvalue weighted by molar-refractivity contribution is 5.90. The molecule has 1 aliphatic carbocycles. The molecule has 0 aromatic rings. The molecule has 0 aromatic carbocycles. The number of nitrogens with two attached hydrogens (primary N) is 1. The van der Waals surface area contributed by atoms with Crippen molar-refractivity contribution in [2.24, 2.45) is 11.7 Å². The number of hydrogen-bond donors (Lipinski definition) is 3. The van der Waals surface area contributed by atoms with Gasteiger partial charge in [0.05, 0.1) is 12.1 Å². The van der Waals surface area contributed by atoms with Crippen molar-refractivity contribution in [3.05, 3.63) is 0 Å². The topological polar surface area (TPSA) is 84.2 Å². The smallest absolute Gasteiger partial charge is 0.240 e. The molecule has 0 aromatic heterocycles. The maximum atomic E-state index is 11.8. The van der Waals surface area contributed by atoms with E-state index < -0.39 is 5.54 Å². The second-order valence-corrected chi connectivity index (χ2v) is 6.04. The van der Waals surface area contributed by atoms with Gasteiger partial charge < -0.3 is 16.4 Å². The highest BCUT2D eigenvalue weighted by Gasteiger charge is 2.44. The molecule has 5 heteroatoms. The van der Waals surface area contributed by atoms with Gasteiger partial charge in [-0.3, -0.25) is 9.59 Å². The molecule has 2 amide bonds. The summed E-state index contributed by atoms with van der Waals surface area (Å²) in [6, 6.07) is 0. The van der Waals surface area contributed by atoms with Crippen molar-refractivity contribution in [1.29, 1.82) is 0 Å². The van der Waals surface area contributed by atoms with E-state index in [1.165, 1.54) is 0 Å². The van der Waals surface area contributed by atoms with Gasteiger partial charge in [0, 0.05) is 5.54 Å². The molecule has 1 fully saturated rings.